The molecule has 0 saturated carbocycles. The molecule has 2 unspecified atom stereocenters. The van der Waals surface area contributed by atoms with Crippen LogP contribution in [0.4, 0.5) is 0 Å². The molecule has 5 rings (SSSR count). The van der Waals surface area contributed by atoms with E-state index in [0.29, 0.717) is 10.0 Å². The number of hydrogen-bond acceptors (Lipinski definition) is 3. The van der Waals surface area contributed by atoms with E-state index < -0.39 is 0 Å². The van der Waals surface area contributed by atoms with Gasteiger partial charge in [0.05, 0.1) is 26.0 Å². The number of benzene rings is 4. The van der Waals surface area contributed by atoms with Gasteiger partial charge in [0.2, 0.25) is 0 Å². The molecule has 0 fully saturated rings. The number of fused-ring (bicyclic) bond motifs is 1. The van der Waals surface area contributed by atoms with Crippen molar-refractivity contribution < 1.29 is 9.47 Å². The summed E-state index contributed by atoms with van der Waals surface area (Å²) in [5.74, 6) is 1.59. The first kappa shape index (κ1) is 22.5. The molecular formula is C29H23Cl2NO2. The van der Waals surface area contributed by atoms with Gasteiger partial charge in [-0.1, -0.05) is 47.5 Å². The molecule has 0 amide bonds. The molecule has 0 N–H and O–H groups in total. The Morgan fingerprint density at radius 3 is 1.79 bits per heavy atom. The Labute approximate surface area is 209 Å². The number of aliphatic imine (C=N–C) groups is 1. The van der Waals surface area contributed by atoms with Crippen LogP contribution >= 0.6 is 23.2 Å². The van der Waals surface area contributed by atoms with Gasteiger partial charge in [-0.25, -0.2) is 0 Å². The van der Waals surface area contributed by atoms with E-state index in [1.54, 1.807) is 14.2 Å². The highest BCUT2D eigenvalue weighted by atomic mass is 35.5. The van der Waals surface area contributed by atoms with Gasteiger partial charge in [-0.3, -0.25) is 4.99 Å². The van der Waals surface area contributed by atoms with Gasteiger partial charge in [0, 0.05) is 27.1 Å². The first-order chi connectivity index (χ1) is 16.6. The van der Waals surface area contributed by atoms with Crippen LogP contribution in [0.5, 0.6) is 11.5 Å². The molecule has 0 aliphatic carbocycles. The molecule has 1 aliphatic rings. The summed E-state index contributed by atoms with van der Waals surface area (Å²) in [6.07, 6.45) is 0. The highest BCUT2D eigenvalue weighted by Gasteiger charge is 2.34. The molecular weight excluding hydrogens is 465 g/mol. The topological polar surface area (TPSA) is 30.8 Å². The van der Waals surface area contributed by atoms with E-state index in [1.165, 1.54) is 0 Å². The maximum absolute atomic E-state index is 6.22. The Kier molecular flexibility index (Phi) is 6.32. The molecule has 5 heteroatoms. The maximum atomic E-state index is 6.22. The molecule has 0 radical (unpaired) electrons. The molecule has 4 aromatic rings. The average molecular weight is 488 g/mol. The number of nitrogens with zero attached hydrogens (tertiary/aromatic N) is 1. The maximum Gasteiger partial charge on any atom is 0.119 e. The predicted octanol–water partition coefficient (Wildman–Crippen LogP) is 7.73. The minimum Gasteiger partial charge on any atom is -0.497 e. The van der Waals surface area contributed by atoms with Crippen LogP contribution in [0, 0.1) is 0 Å². The fourth-order valence-electron chi connectivity index (χ4n) is 4.53. The minimum absolute atomic E-state index is 0.0226. The monoisotopic (exact) mass is 487 g/mol. The third-order valence-electron chi connectivity index (χ3n) is 6.24. The molecule has 3 nitrogen and oxygen atoms in total. The zero-order valence-electron chi connectivity index (χ0n) is 18.8. The molecule has 0 bridgehead atoms. The van der Waals surface area contributed by atoms with Crippen molar-refractivity contribution in [2.45, 2.75) is 12.0 Å². The van der Waals surface area contributed by atoms with Crippen LogP contribution in [-0.4, -0.2) is 19.9 Å². The van der Waals surface area contributed by atoms with Gasteiger partial charge >= 0.3 is 0 Å². The van der Waals surface area contributed by atoms with Crippen molar-refractivity contribution in [1.82, 2.24) is 0 Å². The van der Waals surface area contributed by atoms with E-state index in [-0.39, 0.29) is 12.0 Å². The van der Waals surface area contributed by atoms with E-state index in [9.17, 15) is 0 Å². The summed E-state index contributed by atoms with van der Waals surface area (Å²) in [5.41, 5.74) is 6.42. The number of halogens is 2. The lowest BCUT2D eigenvalue weighted by atomic mass is 9.76. The van der Waals surface area contributed by atoms with E-state index in [2.05, 4.69) is 36.4 Å². The van der Waals surface area contributed by atoms with Gasteiger partial charge in [-0.15, -0.1) is 0 Å². The van der Waals surface area contributed by atoms with Crippen molar-refractivity contribution >= 4 is 28.9 Å². The zero-order chi connectivity index (χ0) is 23.7. The predicted molar refractivity (Wildman–Crippen MR) is 139 cm³/mol. The van der Waals surface area contributed by atoms with Crippen molar-refractivity contribution in [1.29, 1.82) is 0 Å². The Balaban J connectivity index is 1.75. The molecule has 4 aromatic carbocycles. The SMILES string of the molecule is COc1ccc(C2=NC(c3ccc(Cl)cc3)C(c3ccc(Cl)cc3)c3cc(OC)ccc32)cc1. The van der Waals surface area contributed by atoms with E-state index in [4.69, 9.17) is 37.7 Å². The van der Waals surface area contributed by atoms with Crippen LogP contribution in [0.25, 0.3) is 0 Å². The number of rotatable bonds is 5. The fraction of sp³-hybridized carbons (Fsp3) is 0.138. The standard InChI is InChI=1S/C29H23Cl2NO2/c1-33-23-13-7-19(8-14-23)28-25-16-15-24(34-2)17-26(25)27(18-3-9-21(30)10-4-18)29(32-28)20-5-11-22(31)12-6-20/h3-17,27,29H,1-2H3. The molecule has 170 valence electrons. The normalized spacial score (nSPS) is 17.0. The second-order valence-corrected chi connectivity index (χ2v) is 9.06. The largest absolute Gasteiger partial charge is 0.497 e. The summed E-state index contributed by atoms with van der Waals surface area (Å²) in [4.78, 5) is 5.34. The third-order valence-corrected chi connectivity index (χ3v) is 6.74. The van der Waals surface area contributed by atoms with E-state index in [0.717, 1.165) is 45.0 Å². The number of hydrogen-bond donors (Lipinski definition) is 0. The van der Waals surface area contributed by atoms with Gasteiger partial charge < -0.3 is 9.47 Å². The molecule has 34 heavy (non-hydrogen) atoms. The van der Waals surface area contributed by atoms with Gasteiger partial charge in [-0.05, 0) is 83.4 Å². The molecule has 0 aromatic heterocycles. The number of ether oxygens (including phenoxy) is 2. The lowest BCUT2D eigenvalue weighted by Gasteiger charge is -2.33. The van der Waals surface area contributed by atoms with Crippen LogP contribution in [0.15, 0.2) is 96.0 Å². The van der Waals surface area contributed by atoms with Crippen molar-refractivity contribution in [3.05, 3.63) is 129 Å². The van der Waals surface area contributed by atoms with Crippen LogP contribution in [0.1, 0.15) is 39.8 Å². The van der Waals surface area contributed by atoms with E-state index in [1.807, 2.05) is 54.6 Å². The van der Waals surface area contributed by atoms with Gasteiger partial charge in [0.1, 0.15) is 11.5 Å². The average Bonchev–Trinajstić information content (AvgIpc) is 2.88. The van der Waals surface area contributed by atoms with Crippen molar-refractivity contribution in [3.63, 3.8) is 0 Å². The first-order valence-corrected chi connectivity index (χ1v) is 11.7. The number of methoxy groups -OCH3 is 2. The second kappa shape index (κ2) is 9.54. The molecule has 0 spiro atoms. The van der Waals surface area contributed by atoms with E-state index >= 15 is 0 Å². The minimum atomic E-state index is -0.157. The summed E-state index contributed by atoms with van der Waals surface area (Å²) >= 11 is 12.4. The third kappa shape index (κ3) is 4.29. The summed E-state index contributed by atoms with van der Waals surface area (Å²) in [6, 6.07) is 30.0. The van der Waals surface area contributed by atoms with Crippen molar-refractivity contribution in [3.8, 4) is 11.5 Å². The van der Waals surface area contributed by atoms with Crippen LogP contribution < -0.4 is 9.47 Å². The van der Waals surface area contributed by atoms with Crippen molar-refractivity contribution in [2.75, 3.05) is 14.2 Å². The van der Waals surface area contributed by atoms with Crippen molar-refractivity contribution in [2.24, 2.45) is 4.99 Å². The molecule has 0 saturated heterocycles. The van der Waals surface area contributed by atoms with Gasteiger partial charge in [0.15, 0.2) is 0 Å². The zero-order valence-corrected chi connectivity index (χ0v) is 20.3. The second-order valence-electron chi connectivity index (χ2n) is 8.18. The Morgan fingerprint density at radius 2 is 1.21 bits per heavy atom. The molecule has 1 aliphatic heterocycles. The summed E-state index contributed by atoms with van der Waals surface area (Å²) < 4.78 is 11.0. The Morgan fingerprint density at radius 1 is 0.647 bits per heavy atom. The Hall–Kier alpha value is -3.27. The summed E-state index contributed by atoms with van der Waals surface area (Å²) in [6.45, 7) is 0. The fourth-order valence-corrected chi connectivity index (χ4v) is 4.78. The summed E-state index contributed by atoms with van der Waals surface area (Å²) in [7, 11) is 3.36. The molecule has 1 heterocycles. The smallest absolute Gasteiger partial charge is 0.119 e. The highest BCUT2D eigenvalue weighted by Crippen LogP contribution is 2.46. The van der Waals surface area contributed by atoms with Crippen LogP contribution in [0.2, 0.25) is 10.0 Å². The van der Waals surface area contributed by atoms with Crippen LogP contribution in [-0.2, 0) is 0 Å². The molecule has 2 atom stereocenters. The van der Waals surface area contributed by atoms with Gasteiger partial charge in [0.25, 0.3) is 0 Å². The highest BCUT2D eigenvalue weighted by molar-refractivity contribution is 6.30. The first-order valence-electron chi connectivity index (χ1n) is 11.0. The Bertz CT molecular complexity index is 1330. The van der Waals surface area contributed by atoms with Gasteiger partial charge in [-0.2, -0.15) is 0 Å². The summed E-state index contributed by atoms with van der Waals surface area (Å²) in [5, 5.41) is 1.40. The quantitative estimate of drug-likeness (QED) is 0.288. The lowest BCUT2D eigenvalue weighted by Crippen LogP contribution is -2.23. The lowest BCUT2D eigenvalue weighted by molar-refractivity contribution is 0.413. The van der Waals surface area contributed by atoms with Crippen LogP contribution in [0.3, 0.4) is 0 Å².